The molecule has 0 saturated heterocycles. The number of hydrogen-bond acceptors (Lipinski definition) is 4. The first-order valence-corrected chi connectivity index (χ1v) is 7.38. The van der Waals surface area contributed by atoms with Crippen LogP contribution in [0.2, 0.25) is 0 Å². The lowest BCUT2D eigenvalue weighted by Gasteiger charge is -2.09. The molecule has 0 aliphatic heterocycles. The van der Waals surface area contributed by atoms with E-state index in [0.29, 0.717) is 5.92 Å². The fourth-order valence-corrected chi connectivity index (χ4v) is 2.27. The van der Waals surface area contributed by atoms with Gasteiger partial charge in [0.15, 0.2) is 0 Å². The van der Waals surface area contributed by atoms with Crippen LogP contribution < -0.4 is 5.32 Å². The molecule has 0 radical (unpaired) electrons. The largest absolute Gasteiger partial charge is 0.370 e. The summed E-state index contributed by atoms with van der Waals surface area (Å²) < 4.78 is 0. The molecule has 0 atom stereocenters. The first-order valence-electron chi connectivity index (χ1n) is 6.40. The van der Waals surface area contributed by atoms with E-state index in [-0.39, 0.29) is 0 Å². The molecule has 4 heteroatoms. The summed E-state index contributed by atoms with van der Waals surface area (Å²) in [6.07, 6.45) is 2.04. The van der Waals surface area contributed by atoms with Gasteiger partial charge in [0, 0.05) is 24.8 Å². The third-order valence-corrected chi connectivity index (χ3v) is 3.48. The van der Waals surface area contributed by atoms with E-state index >= 15 is 0 Å². The molecule has 1 aromatic rings. The molecule has 1 heterocycles. The van der Waals surface area contributed by atoms with Crippen LogP contribution in [0.15, 0.2) is 11.1 Å². The molecule has 0 aliphatic carbocycles. The molecule has 0 spiro atoms. The Morgan fingerprint density at radius 1 is 1.29 bits per heavy atom. The summed E-state index contributed by atoms with van der Waals surface area (Å²) in [5.41, 5.74) is 0. The molecular formula is C13H23N3S. The van der Waals surface area contributed by atoms with Gasteiger partial charge in [0.05, 0.1) is 0 Å². The zero-order valence-electron chi connectivity index (χ0n) is 11.3. The molecule has 0 saturated carbocycles. The quantitative estimate of drug-likeness (QED) is 0.595. The van der Waals surface area contributed by atoms with Crippen molar-refractivity contribution in [2.45, 2.75) is 45.6 Å². The fraction of sp³-hybridized carbons (Fsp3) is 0.692. The van der Waals surface area contributed by atoms with Gasteiger partial charge in [0.1, 0.15) is 16.7 Å². The Morgan fingerprint density at radius 2 is 2.06 bits per heavy atom. The average Bonchev–Trinajstić information content (AvgIpc) is 2.27. The summed E-state index contributed by atoms with van der Waals surface area (Å²) in [4.78, 5) is 9.09. The van der Waals surface area contributed by atoms with E-state index in [1.807, 2.05) is 11.8 Å². The van der Waals surface area contributed by atoms with Crippen molar-refractivity contribution >= 4 is 17.6 Å². The van der Waals surface area contributed by atoms with Crippen molar-refractivity contribution in [2.75, 3.05) is 17.6 Å². The second-order valence-electron chi connectivity index (χ2n) is 4.49. The van der Waals surface area contributed by atoms with Crippen LogP contribution in [-0.4, -0.2) is 22.3 Å². The Bertz CT molecular complexity index is 315. The molecule has 1 rings (SSSR count). The summed E-state index contributed by atoms with van der Waals surface area (Å²) in [5, 5.41) is 4.36. The van der Waals surface area contributed by atoms with E-state index in [1.54, 1.807) is 0 Å². The van der Waals surface area contributed by atoms with Gasteiger partial charge in [-0.05, 0) is 19.3 Å². The Balaban J connectivity index is 2.79. The minimum Gasteiger partial charge on any atom is -0.370 e. The van der Waals surface area contributed by atoms with Crippen LogP contribution in [0.3, 0.4) is 0 Å². The van der Waals surface area contributed by atoms with Gasteiger partial charge >= 0.3 is 0 Å². The maximum absolute atomic E-state index is 4.59. The van der Waals surface area contributed by atoms with Gasteiger partial charge in [-0.3, -0.25) is 0 Å². The minimum absolute atomic E-state index is 0.687. The molecular weight excluding hydrogens is 230 g/mol. The van der Waals surface area contributed by atoms with Gasteiger partial charge in [-0.2, -0.15) is 0 Å². The van der Waals surface area contributed by atoms with E-state index in [1.165, 1.54) is 0 Å². The number of nitrogens with zero attached hydrogens (tertiary/aromatic N) is 2. The number of nitrogens with one attached hydrogen (secondary N) is 1. The van der Waals surface area contributed by atoms with Crippen molar-refractivity contribution in [3.05, 3.63) is 11.9 Å². The number of thioether (sulfide) groups is 1. The third-order valence-electron chi connectivity index (χ3n) is 2.15. The average molecular weight is 253 g/mol. The molecule has 1 N–H and O–H groups in total. The van der Waals surface area contributed by atoms with Crippen molar-refractivity contribution < 1.29 is 0 Å². The SMILES string of the molecule is CCCc1nc(NCC)cc(SCC(C)C)n1. The van der Waals surface area contributed by atoms with Gasteiger partial charge in [-0.15, -0.1) is 11.8 Å². The van der Waals surface area contributed by atoms with Crippen LogP contribution in [0.4, 0.5) is 5.82 Å². The molecule has 1 aromatic heterocycles. The molecule has 0 aliphatic rings. The van der Waals surface area contributed by atoms with Gasteiger partial charge < -0.3 is 5.32 Å². The Kier molecular flexibility index (Phi) is 6.34. The Hall–Kier alpha value is -0.770. The summed E-state index contributed by atoms with van der Waals surface area (Å²) in [6.45, 7) is 9.60. The van der Waals surface area contributed by atoms with Crippen molar-refractivity contribution in [3.8, 4) is 0 Å². The highest BCUT2D eigenvalue weighted by Crippen LogP contribution is 2.21. The second-order valence-corrected chi connectivity index (χ2v) is 5.53. The lowest BCUT2D eigenvalue weighted by Crippen LogP contribution is -2.05. The van der Waals surface area contributed by atoms with E-state index in [2.05, 4.69) is 49.0 Å². The summed E-state index contributed by atoms with van der Waals surface area (Å²) in [6, 6.07) is 2.05. The second kappa shape index (κ2) is 7.54. The van der Waals surface area contributed by atoms with Crippen LogP contribution in [0.1, 0.15) is 39.9 Å². The van der Waals surface area contributed by atoms with Crippen LogP contribution in [0, 0.1) is 5.92 Å². The molecule has 0 fully saturated rings. The van der Waals surface area contributed by atoms with E-state index in [0.717, 1.165) is 41.8 Å². The van der Waals surface area contributed by atoms with Crippen LogP contribution >= 0.6 is 11.8 Å². The normalized spacial score (nSPS) is 10.9. The molecule has 0 aromatic carbocycles. The number of rotatable bonds is 7. The van der Waals surface area contributed by atoms with Crippen molar-refractivity contribution in [1.29, 1.82) is 0 Å². The van der Waals surface area contributed by atoms with Crippen molar-refractivity contribution in [1.82, 2.24) is 9.97 Å². The van der Waals surface area contributed by atoms with Gasteiger partial charge in [-0.25, -0.2) is 9.97 Å². The summed E-state index contributed by atoms with van der Waals surface area (Å²) >= 11 is 1.82. The first-order chi connectivity index (χ1) is 8.15. The number of anilines is 1. The van der Waals surface area contributed by atoms with Crippen LogP contribution in [-0.2, 0) is 6.42 Å². The predicted octanol–water partition coefficient (Wildman–Crippen LogP) is 3.61. The lowest BCUT2D eigenvalue weighted by atomic mass is 10.3. The van der Waals surface area contributed by atoms with Gasteiger partial charge in [0.25, 0.3) is 0 Å². The molecule has 0 bridgehead atoms. The fourth-order valence-electron chi connectivity index (χ4n) is 1.41. The van der Waals surface area contributed by atoms with Gasteiger partial charge in [0.2, 0.25) is 0 Å². The number of aromatic nitrogens is 2. The maximum atomic E-state index is 4.59. The zero-order valence-corrected chi connectivity index (χ0v) is 12.1. The molecule has 96 valence electrons. The molecule has 17 heavy (non-hydrogen) atoms. The molecule has 3 nitrogen and oxygen atoms in total. The molecule has 0 unspecified atom stereocenters. The van der Waals surface area contributed by atoms with Gasteiger partial charge in [-0.1, -0.05) is 20.8 Å². The predicted molar refractivity (Wildman–Crippen MR) is 75.8 cm³/mol. The van der Waals surface area contributed by atoms with Crippen molar-refractivity contribution in [2.24, 2.45) is 5.92 Å². The zero-order chi connectivity index (χ0) is 12.7. The molecule has 0 amide bonds. The third kappa shape index (κ3) is 5.39. The lowest BCUT2D eigenvalue weighted by molar-refractivity contribution is 0.747. The van der Waals surface area contributed by atoms with E-state index < -0.39 is 0 Å². The van der Waals surface area contributed by atoms with E-state index in [9.17, 15) is 0 Å². The Labute approximate surface area is 109 Å². The highest BCUT2D eigenvalue weighted by atomic mass is 32.2. The standard InChI is InChI=1S/C13H23N3S/c1-5-7-11-15-12(14-6-2)8-13(16-11)17-9-10(3)4/h8,10H,5-7,9H2,1-4H3,(H,14,15,16). The summed E-state index contributed by atoms with van der Waals surface area (Å²) in [5.74, 6) is 3.70. The highest BCUT2D eigenvalue weighted by Gasteiger charge is 2.05. The monoisotopic (exact) mass is 253 g/mol. The number of aryl methyl sites for hydroxylation is 1. The smallest absolute Gasteiger partial charge is 0.132 e. The summed E-state index contributed by atoms with van der Waals surface area (Å²) in [7, 11) is 0. The minimum atomic E-state index is 0.687. The number of hydrogen-bond donors (Lipinski definition) is 1. The van der Waals surface area contributed by atoms with Crippen LogP contribution in [0.5, 0.6) is 0 Å². The highest BCUT2D eigenvalue weighted by molar-refractivity contribution is 7.99. The first kappa shape index (κ1) is 14.3. The maximum Gasteiger partial charge on any atom is 0.132 e. The topological polar surface area (TPSA) is 37.8 Å². The Morgan fingerprint density at radius 3 is 2.65 bits per heavy atom. The van der Waals surface area contributed by atoms with E-state index in [4.69, 9.17) is 0 Å². The van der Waals surface area contributed by atoms with Crippen LogP contribution in [0.25, 0.3) is 0 Å². The van der Waals surface area contributed by atoms with Crippen molar-refractivity contribution in [3.63, 3.8) is 0 Å².